The Morgan fingerprint density at radius 3 is 2.73 bits per heavy atom. The van der Waals surface area contributed by atoms with Crippen molar-refractivity contribution in [3.8, 4) is 0 Å². The molecule has 0 bridgehead atoms. The van der Waals surface area contributed by atoms with E-state index in [2.05, 4.69) is 31.4 Å². The monoisotopic (exact) mass is 416 g/mol. The van der Waals surface area contributed by atoms with E-state index in [0.717, 1.165) is 34.0 Å². The van der Waals surface area contributed by atoms with Crippen molar-refractivity contribution >= 4 is 32.7 Å². The molecule has 3 aromatic rings. The molecule has 1 atom stereocenters. The SMILES string of the molecule is CC(C)C(NC(=O)c1c(Br)c2ccccc2n1C)c1nc(C2CC2)no1. The van der Waals surface area contributed by atoms with E-state index in [-0.39, 0.29) is 17.9 Å². The molecular weight excluding hydrogens is 396 g/mol. The number of hydrogen-bond acceptors (Lipinski definition) is 4. The molecule has 2 aromatic heterocycles. The summed E-state index contributed by atoms with van der Waals surface area (Å²) in [7, 11) is 1.89. The maximum atomic E-state index is 13.0. The van der Waals surface area contributed by atoms with Crippen molar-refractivity contribution in [2.75, 3.05) is 0 Å². The minimum atomic E-state index is -0.326. The molecule has 26 heavy (non-hydrogen) atoms. The van der Waals surface area contributed by atoms with Crippen LogP contribution in [0.1, 0.15) is 60.9 Å². The van der Waals surface area contributed by atoms with E-state index in [1.165, 1.54) is 0 Å². The molecule has 1 unspecified atom stereocenters. The third kappa shape index (κ3) is 2.94. The molecule has 0 aliphatic heterocycles. The van der Waals surface area contributed by atoms with Gasteiger partial charge in [0.05, 0.1) is 4.47 Å². The van der Waals surface area contributed by atoms with Crippen LogP contribution < -0.4 is 5.32 Å². The zero-order valence-electron chi connectivity index (χ0n) is 15.0. The van der Waals surface area contributed by atoms with Crippen molar-refractivity contribution in [1.82, 2.24) is 20.0 Å². The smallest absolute Gasteiger partial charge is 0.269 e. The Morgan fingerprint density at radius 1 is 1.35 bits per heavy atom. The van der Waals surface area contributed by atoms with Crippen LogP contribution in [0.4, 0.5) is 0 Å². The number of aryl methyl sites for hydroxylation is 1. The number of para-hydroxylation sites is 1. The summed E-state index contributed by atoms with van der Waals surface area (Å²) in [6.07, 6.45) is 2.22. The molecule has 4 rings (SSSR count). The van der Waals surface area contributed by atoms with E-state index in [1.54, 1.807) is 0 Å². The largest absolute Gasteiger partial charge is 0.339 e. The first-order valence-electron chi connectivity index (χ1n) is 8.84. The molecule has 136 valence electrons. The third-order valence-electron chi connectivity index (χ3n) is 4.88. The number of carbonyl (C=O) groups excluding carboxylic acids is 1. The second kappa shape index (κ2) is 6.54. The van der Waals surface area contributed by atoms with Crippen LogP contribution >= 0.6 is 15.9 Å². The molecule has 2 heterocycles. The summed E-state index contributed by atoms with van der Waals surface area (Å²) in [4.78, 5) is 17.6. The van der Waals surface area contributed by atoms with E-state index in [9.17, 15) is 4.79 Å². The number of halogens is 1. The summed E-state index contributed by atoms with van der Waals surface area (Å²) in [6.45, 7) is 4.06. The van der Waals surface area contributed by atoms with E-state index < -0.39 is 0 Å². The fourth-order valence-electron chi connectivity index (χ4n) is 3.20. The average molecular weight is 417 g/mol. The molecule has 1 N–H and O–H groups in total. The van der Waals surface area contributed by atoms with Crippen molar-refractivity contribution in [3.63, 3.8) is 0 Å². The number of aromatic nitrogens is 3. The van der Waals surface area contributed by atoms with Gasteiger partial charge in [-0.1, -0.05) is 37.2 Å². The predicted octanol–water partition coefficient (Wildman–Crippen LogP) is 4.33. The van der Waals surface area contributed by atoms with Crippen LogP contribution in [-0.4, -0.2) is 20.6 Å². The Labute approximate surface area is 160 Å². The number of benzene rings is 1. The first-order chi connectivity index (χ1) is 12.5. The Bertz CT molecular complexity index is 932. The van der Waals surface area contributed by atoms with Crippen LogP contribution in [0.3, 0.4) is 0 Å². The molecule has 1 aliphatic carbocycles. The average Bonchev–Trinajstić information content (AvgIpc) is 3.30. The van der Waals surface area contributed by atoms with Gasteiger partial charge in [0.25, 0.3) is 5.91 Å². The Morgan fingerprint density at radius 2 is 2.08 bits per heavy atom. The second-order valence-electron chi connectivity index (χ2n) is 7.20. The third-order valence-corrected chi connectivity index (χ3v) is 5.68. The van der Waals surface area contributed by atoms with Crippen LogP contribution in [0.15, 0.2) is 33.3 Å². The van der Waals surface area contributed by atoms with E-state index in [1.807, 2.05) is 49.7 Å². The van der Waals surface area contributed by atoms with E-state index in [0.29, 0.717) is 17.5 Å². The number of fused-ring (bicyclic) bond motifs is 1. The van der Waals surface area contributed by atoms with Crippen molar-refractivity contribution in [2.45, 2.75) is 38.6 Å². The summed E-state index contributed by atoms with van der Waals surface area (Å²) < 4.78 is 8.14. The molecular formula is C19H21BrN4O2. The Kier molecular flexibility index (Phi) is 4.34. The maximum Gasteiger partial charge on any atom is 0.269 e. The molecule has 1 amide bonds. The topological polar surface area (TPSA) is 73.0 Å². The molecule has 0 saturated heterocycles. The van der Waals surface area contributed by atoms with Gasteiger partial charge in [0.15, 0.2) is 5.82 Å². The van der Waals surface area contributed by atoms with Crippen LogP contribution in [0.25, 0.3) is 10.9 Å². The van der Waals surface area contributed by atoms with Crippen LogP contribution in [0, 0.1) is 5.92 Å². The van der Waals surface area contributed by atoms with Gasteiger partial charge >= 0.3 is 0 Å². The fourth-order valence-corrected chi connectivity index (χ4v) is 3.98. The minimum absolute atomic E-state index is 0.125. The first-order valence-corrected chi connectivity index (χ1v) is 9.64. The van der Waals surface area contributed by atoms with Crippen LogP contribution in [0.2, 0.25) is 0 Å². The lowest BCUT2D eigenvalue weighted by Gasteiger charge is -2.19. The zero-order chi connectivity index (χ0) is 18.4. The molecule has 1 aromatic carbocycles. The predicted molar refractivity (Wildman–Crippen MR) is 102 cm³/mol. The van der Waals surface area contributed by atoms with Crippen molar-refractivity contribution in [3.05, 3.63) is 46.1 Å². The molecule has 1 saturated carbocycles. The van der Waals surface area contributed by atoms with Gasteiger partial charge in [-0.2, -0.15) is 4.98 Å². The summed E-state index contributed by atoms with van der Waals surface area (Å²) in [5, 5.41) is 8.17. The van der Waals surface area contributed by atoms with E-state index >= 15 is 0 Å². The second-order valence-corrected chi connectivity index (χ2v) is 7.99. The van der Waals surface area contributed by atoms with Crippen molar-refractivity contribution < 1.29 is 9.32 Å². The normalized spacial score (nSPS) is 15.6. The lowest BCUT2D eigenvalue weighted by Crippen LogP contribution is -2.33. The quantitative estimate of drug-likeness (QED) is 0.671. The number of amides is 1. The van der Waals surface area contributed by atoms with E-state index in [4.69, 9.17) is 4.52 Å². The molecule has 0 spiro atoms. The summed E-state index contributed by atoms with van der Waals surface area (Å²) in [5.41, 5.74) is 1.58. The Hall–Kier alpha value is -2.15. The van der Waals surface area contributed by atoms with Gasteiger partial charge in [0.1, 0.15) is 11.7 Å². The molecule has 6 nitrogen and oxygen atoms in total. The maximum absolute atomic E-state index is 13.0. The van der Waals surface area contributed by atoms with Gasteiger partial charge in [0.2, 0.25) is 5.89 Å². The minimum Gasteiger partial charge on any atom is -0.339 e. The summed E-state index contributed by atoms with van der Waals surface area (Å²) >= 11 is 3.58. The highest BCUT2D eigenvalue weighted by atomic mass is 79.9. The number of rotatable bonds is 5. The first kappa shape index (κ1) is 17.3. The number of nitrogens with zero attached hydrogens (tertiary/aromatic N) is 3. The zero-order valence-corrected chi connectivity index (χ0v) is 16.6. The number of carbonyl (C=O) groups is 1. The van der Waals surface area contributed by atoms with Crippen molar-refractivity contribution in [2.24, 2.45) is 13.0 Å². The lowest BCUT2D eigenvalue weighted by molar-refractivity contribution is 0.0905. The lowest BCUT2D eigenvalue weighted by atomic mass is 10.0. The van der Waals surface area contributed by atoms with Gasteiger partial charge in [0, 0.05) is 23.9 Å². The number of nitrogens with one attached hydrogen (secondary N) is 1. The highest BCUT2D eigenvalue weighted by Gasteiger charge is 2.32. The van der Waals surface area contributed by atoms with Gasteiger partial charge in [-0.25, -0.2) is 0 Å². The molecule has 7 heteroatoms. The fraction of sp³-hybridized carbons (Fsp3) is 0.421. The number of hydrogen-bond donors (Lipinski definition) is 1. The summed E-state index contributed by atoms with van der Waals surface area (Å²) in [6, 6.07) is 7.59. The van der Waals surface area contributed by atoms with Crippen LogP contribution in [-0.2, 0) is 7.05 Å². The van der Waals surface area contributed by atoms with Gasteiger partial charge in [-0.3, -0.25) is 4.79 Å². The molecule has 1 aliphatic rings. The van der Waals surface area contributed by atoms with Gasteiger partial charge < -0.3 is 14.4 Å². The van der Waals surface area contributed by atoms with Gasteiger partial charge in [-0.15, -0.1) is 0 Å². The highest BCUT2D eigenvalue weighted by molar-refractivity contribution is 9.10. The summed E-state index contributed by atoms with van der Waals surface area (Å²) in [5.74, 6) is 1.61. The standard InChI is InChI=1S/C19H21BrN4O2/c1-10(2)15(19-22-17(23-26-19)11-8-9-11)21-18(25)16-14(20)12-6-4-5-7-13(12)24(16)3/h4-7,10-11,15H,8-9H2,1-3H3,(H,21,25). The molecule has 1 fully saturated rings. The van der Waals surface area contributed by atoms with Crippen LogP contribution in [0.5, 0.6) is 0 Å². The van der Waals surface area contributed by atoms with Crippen molar-refractivity contribution in [1.29, 1.82) is 0 Å². The van der Waals surface area contributed by atoms with Gasteiger partial charge in [-0.05, 0) is 40.8 Å². The Balaban J connectivity index is 1.64. The molecule has 0 radical (unpaired) electrons. The highest BCUT2D eigenvalue weighted by Crippen LogP contribution is 2.39.